The number of hydrogen-bond acceptors (Lipinski definition) is 3. The minimum Gasteiger partial charge on any atom is -0.479 e. The van der Waals surface area contributed by atoms with Crippen molar-refractivity contribution in [3.8, 4) is 0 Å². The number of nitrogens with one attached hydrogen (secondary N) is 1. The Hall–Kier alpha value is -2.34. The third-order valence-corrected chi connectivity index (χ3v) is 2.65. The summed E-state index contributed by atoms with van der Waals surface area (Å²) >= 11 is 0. The molecule has 20 heavy (non-hydrogen) atoms. The molecule has 108 valence electrons. The van der Waals surface area contributed by atoms with E-state index in [-0.39, 0.29) is 19.7 Å². The maximum Gasteiger partial charge on any atom is 0.330 e. The van der Waals surface area contributed by atoms with Crippen molar-refractivity contribution in [2.45, 2.75) is 6.04 Å². The van der Waals surface area contributed by atoms with E-state index in [0.717, 1.165) is 0 Å². The molecular weight excluding hydrogens is 260 g/mol. The number of nitrogens with zero attached hydrogens (tertiary/aromatic N) is 1. The molecule has 2 amide bonds. The topological polar surface area (TPSA) is 89.9 Å². The summed E-state index contributed by atoms with van der Waals surface area (Å²) in [5.74, 6) is -1.15. The fourth-order valence-corrected chi connectivity index (χ4v) is 1.70. The van der Waals surface area contributed by atoms with Gasteiger partial charge in [-0.2, -0.15) is 0 Å². The molecule has 0 bridgehead atoms. The van der Waals surface area contributed by atoms with Gasteiger partial charge in [-0.15, -0.1) is 6.58 Å². The number of carbonyl (C=O) groups excluding carboxylic acids is 1. The smallest absolute Gasteiger partial charge is 0.330 e. The minimum atomic E-state index is -1.15. The Bertz CT molecular complexity index is 462. The number of hydrogen-bond donors (Lipinski definition) is 3. The van der Waals surface area contributed by atoms with Gasteiger partial charge in [0, 0.05) is 13.1 Å². The number of carbonyl (C=O) groups is 2. The van der Waals surface area contributed by atoms with E-state index in [2.05, 4.69) is 11.9 Å². The Labute approximate surface area is 117 Å². The molecule has 0 fully saturated rings. The minimum absolute atomic E-state index is 0.110. The van der Waals surface area contributed by atoms with Crippen molar-refractivity contribution in [1.29, 1.82) is 0 Å². The molecule has 0 aliphatic heterocycles. The van der Waals surface area contributed by atoms with Gasteiger partial charge in [0.25, 0.3) is 0 Å². The highest BCUT2D eigenvalue weighted by molar-refractivity contribution is 5.83. The lowest BCUT2D eigenvalue weighted by Gasteiger charge is -2.23. The number of aliphatic carboxylic acids is 1. The number of carboxylic acids is 1. The van der Waals surface area contributed by atoms with E-state index < -0.39 is 18.0 Å². The van der Waals surface area contributed by atoms with Crippen LogP contribution in [-0.4, -0.2) is 46.8 Å². The van der Waals surface area contributed by atoms with Crippen molar-refractivity contribution in [2.24, 2.45) is 0 Å². The van der Waals surface area contributed by atoms with Crippen molar-refractivity contribution in [3.05, 3.63) is 48.6 Å². The van der Waals surface area contributed by atoms with Crippen molar-refractivity contribution >= 4 is 12.0 Å². The van der Waals surface area contributed by atoms with E-state index in [0.29, 0.717) is 5.56 Å². The second-order valence-electron chi connectivity index (χ2n) is 4.09. The van der Waals surface area contributed by atoms with Gasteiger partial charge in [0.1, 0.15) is 0 Å². The number of urea groups is 1. The molecule has 6 nitrogen and oxygen atoms in total. The van der Waals surface area contributed by atoms with Crippen LogP contribution in [0.15, 0.2) is 43.0 Å². The zero-order chi connectivity index (χ0) is 15.0. The van der Waals surface area contributed by atoms with Gasteiger partial charge in [-0.05, 0) is 5.56 Å². The summed E-state index contributed by atoms with van der Waals surface area (Å²) in [6.07, 6.45) is 1.51. The first-order valence-electron chi connectivity index (χ1n) is 6.15. The van der Waals surface area contributed by atoms with Crippen LogP contribution in [0.3, 0.4) is 0 Å². The fourth-order valence-electron chi connectivity index (χ4n) is 1.70. The van der Waals surface area contributed by atoms with Crippen LogP contribution in [0.4, 0.5) is 4.79 Å². The van der Waals surface area contributed by atoms with E-state index in [1.165, 1.54) is 11.0 Å². The first-order valence-corrected chi connectivity index (χ1v) is 6.15. The summed E-state index contributed by atoms with van der Waals surface area (Å²) in [5, 5.41) is 20.5. The van der Waals surface area contributed by atoms with Crippen LogP contribution in [0, 0.1) is 0 Å². The monoisotopic (exact) mass is 278 g/mol. The third-order valence-electron chi connectivity index (χ3n) is 2.65. The lowest BCUT2D eigenvalue weighted by molar-refractivity contribution is -0.139. The van der Waals surface area contributed by atoms with Crippen LogP contribution in [0.1, 0.15) is 11.6 Å². The van der Waals surface area contributed by atoms with Gasteiger partial charge in [0.05, 0.1) is 6.61 Å². The summed E-state index contributed by atoms with van der Waals surface area (Å²) in [5.41, 5.74) is 0.482. The average molecular weight is 278 g/mol. The SMILES string of the molecule is C=CCN(CCO)C(=O)N[C@@H](C(=O)O)c1ccccc1. The largest absolute Gasteiger partial charge is 0.479 e. The highest BCUT2D eigenvalue weighted by Gasteiger charge is 2.24. The standard InChI is InChI=1S/C14H18N2O4/c1-2-8-16(9-10-17)14(20)15-12(13(18)19)11-6-4-3-5-7-11/h2-7,12,17H,1,8-10H2,(H,15,20)(H,18,19)/t12-/m1/s1. The molecule has 0 unspecified atom stereocenters. The number of aliphatic hydroxyl groups excluding tert-OH is 1. The van der Waals surface area contributed by atoms with Gasteiger partial charge < -0.3 is 20.4 Å². The van der Waals surface area contributed by atoms with Crippen molar-refractivity contribution in [3.63, 3.8) is 0 Å². The second kappa shape index (κ2) is 7.96. The summed E-state index contributed by atoms with van der Waals surface area (Å²) in [6.45, 7) is 3.65. The second-order valence-corrected chi connectivity index (χ2v) is 4.09. The van der Waals surface area contributed by atoms with Gasteiger partial charge in [-0.3, -0.25) is 0 Å². The number of carboxylic acid groups (broad SMARTS) is 1. The van der Waals surface area contributed by atoms with Gasteiger partial charge >= 0.3 is 12.0 Å². The summed E-state index contributed by atoms with van der Waals surface area (Å²) in [6, 6.07) is 6.73. The Kier molecular flexibility index (Phi) is 6.25. The van der Waals surface area contributed by atoms with Crippen molar-refractivity contribution in [1.82, 2.24) is 10.2 Å². The van der Waals surface area contributed by atoms with E-state index in [1.807, 2.05) is 0 Å². The van der Waals surface area contributed by atoms with Crippen LogP contribution < -0.4 is 5.32 Å². The Morgan fingerprint density at radius 3 is 2.50 bits per heavy atom. The van der Waals surface area contributed by atoms with Crippen LogP contribution in [0.2, 0.25) is 0 Å². The molecule has 0 aliphatic carbocycles. The molecule has 1 atom stereocenters. The molecule has 0 aliphatic rings. The molecule has 0 saturated heterocycles. The first-order chi connectivity index (χ1) is 9.60. The fraction of sp³-hybridized carbons (Fsp3) is 0.286. The maximum atomic E-state index is 12.0. The normalized spacial score (nSPS) is 11.4. The zero-order valence-electron chi connectivity index (χ0n) is 11.0. The highest BCUT2D eigenvalue weighted by atomic mass is 16.4. The van der Waals surface area contributed by atoms with Gasteiger partial charge in [0.2, 0.25) is 0 Å². The Morgan fingerprint density at radius 1 is 1.35 bits per heavy atom. The van der Waals surface area contributed by atoms with Crippen LogP contribution in [0.5, 0.6) is 0 Å². The highest BCUT2D eigenvalue weighted by Crippen LogP contribution is 2.13. The molecule has 3 N–H and O–H groups in total. The van der Waals surface area contributed by atoms with Crippen molar-refractivity contribution < 1.29 is 19.8 Å². The van der Waals surface area contributed by atoms with E-state index in [1.54, 1.807) is 30.3 Å². The molecule has 0 saturated carbocycles. The number of rotatable bonds is 7. The van der Waals surface area contributed by atoms with Gasteiger partial charge in [-0.1, -0.05) is 36.4 Å². The Morgan fingerprint density at radius 2 is 2.00 bits per heavy atom. The van der Waals surface area contributed by atoms with Gasteiger partial charge in [-0.25, -0.2) is 9.59 Å². The summed E-state index contributed by atoms with van der Waals surface area (Å²) in [7, 11) is 0. The maximum absolute atomic E-state index is 12.0. The lowest BCUT2D eigenvalue weighted by Crippen LogP contribution is -2.44. The summed E-state index contributed by atoms with van der Waals surface area (Å²) in [4.78, 5) is 24.6. The number of amides is 2. The molecule has 0 aromatic heterocycles. The molecular formula is C14H18N2O4. The van der Waals surface area contributed by atoms with Crippen LogP contribution in [-0.2, 0) is 4.79 Å². The molecule has 0 radical (unpaired) electrons. The van der Waals surface area contributed by atoms with E-state index in [9.17, 15) is 14.7 Å². The quantitative estimate of drug-likeness (QED) is 0.649. The van der Waals surface area contributed by atoms with Crippen molar-refractivity contribution in [2.75, 3.05) is 19.7 Å². The lowest BCUT2D eigenvalue weighted by atomic mass is 10.1. The van der Waals surface area contributed by atoms with Crippen LogP contribution in [0.25, 0.3) is 0 Å². The summed E-state index contributed by atoms with van der Waals surface area (Å²) < 4.78 is 0. The van der Waals surface area contributed by atoms with Gasteiger partial charge in [0.15, 0.2) is 6.04 Å². The predicted molar refractivity (Wildman–Crippen MR) is 74.2 cm³/mol. The molecule has 0 heterocycles. The van der Waals surface area contributed by atoms with Crippen LogP contribution >= 0.6 is 0 Å². The predicted octanol–water partition coefficient (Wildman–Crippen LogP) is 1.00. The third kappa shape index (κ3) is 4.40. The Balaban J connectivity index is 2.82. The molecule has 1 aromatic carbocycles. The molecule has 1 rings (SSSR count). The number of aliphatic hydroxyl groups is 1. The molecule has 6 heteroatoms. The van der Waals surface area contributed by atoms with E-state index >= 15 is 0 Å². The average Bonchev–Trinajstić information content (AvgIpc) is 2.45. The first kappa shape index (κ1) is 15.7. The van der Waals surface area contributed by atoms with E-state index in [4.69, 9.17) is 5.11 Å². The molecule has 1 aromatic rings. The zero-order valence-corrected chi connectivity index (χ0v) is 11.0. The number of benzene rings is 1. The molecule has 0 spiro atoms.